The van der Waals surface area contributed by atoms with Crippen molar-refractivity contribution in [3.05, 3.63) is 118 Å². The fraction of sp³-hybridized carbons (Fsp3) is 0.333. The van der Waals surface area contributed by atoms with Gasteiger partial charge < -0.3 is 24.1 Å². The van der Waals surface area contributed by atoms with E-state index in [1.807, 2.05) is 91.0 Å². The zero-order chi connectivity index (χ0) is 24.3. The molecular weight excluding hydrogens is 446 g/mol. The lowest BCUT2D eigenvalue weighted by Crippen LogP contribution is -2.60. The molecule has 5 atom stereocenters. The predicted octanol–water partition coefficient (Wildman–Crippen LogP) is 4.77. The molecule has 1 heterocycles. The van der Waals surface area contributed by atoms with Gasteiger partial charge in [0.1, 0.15) is 18.3 Å². The Morgan fingerprint density at radius 1 is 0.686 bits per heavy atom. The normalized spacial score (nSPS) is 24.0. The summed E-state index contributed by atoms with van der Waals surface area (Å²) < 4.78 is 24.6. The maximum absolute atomic E-state index is 10.9. The van der Waals surface area contributed by atoms with Crippen molar-refractivity contribution >= 4 is 0 Å². The van der Waals surface area contributed by atoms with Crippen LogP contribution in [0.3, 0.4) is 0 Å². The second-order valence-electron chi connectivity index (χ2n) is 8.26. The molecule has 0 radical (unpaired) electrons. The summed E-state index contributed by atoms with van der Waals surface area (Å²) in [5.74, 6) is 0. The Balaban J connectivity index is 1.57. The van der Waals surface area contributed by atoms with Crippen molar-refractivity contribution < 1.29 is 24.1 Å². The van der Waals surface area contributed by atoms with Crippen molar-refractivity contribution in [3.63, 3.8) is 0 Å². The minimum Gasteiger partial charge on any atom is -0.368 e. The average Bonchev–Trinajstić information content (AvgIpc) is 2.91. The van der Waals surface area contributed by atoms with Crippen LogP contribution in [0.4, 0.5) is 0 Å². The second kappa shape index (κ2) is 13.0. The molecular formula is C27H29N3O5. The Bertz CT molecular complexity index is 1060. The quantitative estimate of drug-likeness (QED) is 0.244. The van der Waals surface area contributed by atoms with Gasteiger partial charge in [0.25, 0.3) is 0 Å². The van der Waals surface area contributed by atoms with E-state index in [9.17, 15) is 5.11 Å². The molecule has 0 bridgehead atoms. The van der Waals surface area contributed by atoms with Crippen molar-refractivity contribution in [1.29, 1.82) is 0 Å². The summed E-state index contributed by atoms with van der Waals surface area (Å²) in [5.41, 5.74) is 11.8. The van der Waals surface area contributed by atoms with Gasteiger partial charge in [-0.25, -0.2) is 0 Å². The Labute approximate surface area is 204 Å². The fourth-order valence-corrected chi connectivity index (χ4v) is 4.03. The first-order chi connectivity index (χ1) is 17.2. The monoisotopic (exact) mass is 475 g/mol. The lowest BCUT2D eigenvalue weighted by atomic mass is 9.97. The van der Waals surface area contributed by atoms with Gasteiger partial charge in [0.2, 0.25) is 0 Å². The molecule has 3 aromatic carbocycles. The lowest BCUT2D eigenvalue weighted by molar-refractivity contribution is -0.309. The molecule has 1 aliphatic rings. The van der Waals surface area contributed by atoms with Gasteiger partial charge in [0.05, 0.1) is 32.5 Å². The summed E-state index contributed by atoms with van der Waals surface area (Å²) in [6.07, 6.45) is -4.13. The molecule has 8 nitrogen and oxygen atoms in total. The maximum Gasteiger partial charge on any atom is 0.184 e. The van der Waals surface area contributed by atoms with E-state index in [0.29, 0.717) is 13.2 Å². The highest BCUT2D eigenvalue weighted by Crippen LogP contribution is 2.30. The molecule has 1 aliphatic heterocycles. The minimum atomic E-state index is -1.28. The van der Waals surface area contributed by atoms with Crippen molar-refractivity contribution in [2.75, 3.05) is 6.54 Å². The smallest absolute Gasteiger partial charge is 0.184 e. The van der Waals surface area contributed by atoms with Crippen LogP contribution in [0.15, 0.2) is 96.1 Å². The zero-order valence-corrected chi connectivity index (χ0v) is 19.3. The van der Waals surface area contributed by atoms with Crippen molar-refractivity contribution in [3.8, 4) is 0 Å². The third-order valence-electron chi connectivity index (χ3n) is 5.79. The highest BCUT2D eigenvalue weighted by Gasteiger charge is 2.47. The molecule has 1 fully saturated rings. The van der Waals surface area contributed by atoms with Crippen molar-refractivity contribution in [2.45, 2.75) is 50.5 Å². The highest BCUT2D eigenvalue weighted by atomic mass is 16.7. The van der Waals surface area contributed by atoms with Crippen LogP contribution < -0.4 is 0 Å². The third kappa shape index (κ3) is 7.13. The molecule has 1 N–H and O–H groups in total. The van der Waals surface area contributed by atoms with Crippen molar-refractivity contribution in [2.24, 2.45) is 5.11 Å². The van der Waals surface area contributed by atoms with Crippen LogP contribution in [0.25, 0.3) is 10.4 Å². The summed E-state index contributed by atoms with van der Waals surface area (Å²) in [6.45, 7) is 0.852. The Hall–Kier alpha value is -3.23. The number of hydrogen-bond acceptors (Lipinski definition) is 6. The number of aliphatic hydroxyl groups excluding tert-OH is 1. The predicted molar refractivity (Wildman–Crippen MR) is 130 cm³/mol. The molecule has 182 valence electrons. The van der Waals surface area contributed by atoms with E-state index in [1.165, 1.54) is 0 Å². The zero-order valence-electron chi connectivity index (χ0n) is 19.3. The van der Waals surface area contributed by atoms with Crippen LogP contribution in [0.1, 0.15) is 16.7 Å². The Kier molecular flexibility index (Phi) is 9.25. The van der Waals surface area contributed by atoms with Gasteiger partial charge in [-0.1, -0.05) is 96.1 Å². The Morgan fingerprint density at radius 2 is 1.11 bits per heavy atom. The first-order valence-corrected chi connectivity index (χ1v) is 11.6. The molecule has 0 aromatic heterocycles. The first kappa shape index (κ1) is 24.9. The molecule has 3 aromatic rings. The molecule has 0 unspecified atom stereocenters. The average molecular weight is 476 g/mol. The van der Waals surface area contributed by atoms with E-state index in [2.05, 4.69) is 10.0 Å². The van der Waals surface area contributed by atoms with Crippen LogP contribution in [0, 0.1) is 0 Å². The molecule has 8 heteroatoms. The maximum atomic E-state index is 10.9. The highest BCUT2D eigenvalue weighted by molar-refractivity contribution is 5.15. The summed E-state index contributed by atoms with van der Waals surface area (Å²) in [4.78, 5) is 2.86. The van der Waals surface area contributed by atoms with E-state index in [1.54, 1.807) is 0 Å². The number of benzene rings is 3. The van der Waals surface area contributed by atoms with Gasteiger partial charge >= 0.3 is 0 Å². The number of rotatable bonds is 11. The molecule has 4 rings (SSSR count). The van der Waals surface area contributed by atoms with E-state index in [4.69, 9.17) is 24.5 Å². The molecule has 1 saturated heterocycles. The summed E-state index contributed by atoms with van der Waals surface area (Å²) in [7, 11) is 0. The van der Waals surface area contributed by atoms with Crippen LogP contribution in [0.2, 0.25) is 0 Å². The van der Waals surface area contributed by atoms with Crippen LogP contribution in [0.5, 0.6) is 0 Å². The molecule has 0 aliphatic carbocycles. The van der Waals surface area contributed by atoms with E-state index in [0.717, 1.165) is 16.7 Å². The van der Waals surface area contributed by atoms with Gasteiger partial charge in [-0.05, 0) is 22.2 Å². The molecule has 0 spiro atoms. The number of ether oxygens (including phenoxy) is 4. The number of hydrogen-bond donors (Lipinski definition) is 1. The van der Waals surface area contributed by atoms with E-state index < -0.39 is 30.7 Å². The molecule has 0 amide bonds. The summed E-state index contributed by atoms with van der Waals surface area (Å²) in [6, 6.07) is 29.2. The summed E-state index contributed by atoms with van der Waals surface area (Å²) >= 11 is 0. The largest absolute Gasteiger partial charge is 0.368 e. The van der Waals surface area contributed by atoms with Crippen molar-refractivity contribution in [1.82, 2.24) is 0 Å². The van der Waals surface area contributed by atoms with Gasteiger partial charge in [0.15, 0.2) is 6.29 Å². The van der Waals surface area contributed by atoms with Gasteiger partial charge in [-0.2, -0.15) is 0 Å². The molecule has 0 saturated carbocycles. The SMILES string of the molecule is [N-]=[N+]=NC[C@H]1O[C@H](O)[C@H](OCc2ccccc2)[C@@H](OCc2ccccc2)[C@@H]1OCc1ccccc1. The first-order valence-electron chi connectivity index (χ1n) is 11.6. The fourth-order valence-electron chi connectivity index (χ4n) is 4.03. The van der Waals surface area contributed by atoms with Crippen LogP contribution in [-0.4, -0.2) is 42.4 Å². The standard InChI is InChI=1S/C27H29N3O5/c28-30-29-16-23-24(32-17-20-10-4-1-5-11-20)25(33-18-21-12-6-2-7-13-21)26(27(31)35-23)34-19-22-14-8-3-9-15-22/h1-15,23-27,31H,16-19H2/t23-,24-,25+,26-,27+/m1/s1. The molecule has 35 heavy (non-hydrogen) atoms. The Morgan fingerprint density at radius 3 is 1.57 bits per heavy atom. The van der Waals surface area contributed by atoms with Crippen LogP contribution >= 0.6 is 0 Å². The van der Waals surface area contributed by atoms with Gasteiger partial charge in [-0.15, -0.1) is 0 Å². The third-order valence-corrected chi connectivity index (χ3v) is 5.79. The van der Waals surface area contributed by atoms with E-state index >= 15 is 0 Å². The summed E-state index contributed by atoms with van der Waals surface area (Å²) in [5, 5.41) is 14.5. The van der Waals surface area contributed by atoms with E-state index in [-0.39, 0.29) is 13.2 Å². The van der Waals surface area contributed by atoms with Gasteiger partial charge in [0, 0.05) is 4.91 Å². The number of nitrogens with zero attached hydrogens (tertiary/aromatic N) is 3. The number of azide groups is 1. The number of aliphatic hydroxyl groups is 1. The second-order valence-corrected chi connectivity index (χ2v) is 8.26. The minimum absolute atomic E-state index is 0.0103. The van der Waals surface area contributed by atoms with Gasteiger partial charge in [-0.3, -0.25) is 0 Å². The topological polar surface area (TPSA) is 106 Å². The van der Waals surface area contributed by atoms with Crippen LogP contribution in [-0.2, 0) is 38.8 Å². The lowest BCUT2D eigenvalue weighted by Gasteiger charge is -2.44.